The van der Waals surface area contributed by atoms with Gasteiger partial charge in [-0.25, -0.2) is 9.98 Å². The van der Waals surface area contributed by atoms with Crippen LogP contribution in [0.5, 0.6) is 0 Å². The van der Waals surface area contributed by atoms with Crippen molar-refractivity contribution in [2.24, 2.45) is 4.99 Å². The Morgan fingerprint density at radius 1 is 0.825 bits per heavy atom. The summed E-state index contributed by atoms with van der Waals surface area (Å²) in [5.74, 6) is 0.555. The first-order valence-electron chi connectivity index (χ1n) is 13.2. The largest absolute Gasteiger partial charge is 0.381 e. The van der Waals surface area contributed by atoms with Gasteiger partial charge >= 0.3 is 0 Å². The molecular formula is C34H26ClN3OS. The van der Waals surface area contributed by atoms with Gasteiger partial charge < -0.3 is 4.74 Å². The Balaban J connectivity index is 1.35. The predicted octanol–water partition coefficient (Wildman–Crippen LogP) is 8.78. The molecule has 0 aliphatic carbocycles. The minimum Gasteiger partial charge on any atom is -0.381 e. The van der Waals surface area contributed by atoms with E-state index < -0.39 is 5.41 Å². The minimum absolute atomic E-state index is 0.491. The number of rotatable bonds is 6. The minimum atomic E-state index is -0.491. The molecular weight excluding hydrogens is 534 g/mol. The van der Waals surface area contributed by atoms with Crippen LogP contribution in [0.2, 0.25) is 5.02 Å². The summed E-state index contributed by atoms with van der Waals surface area (Å²) in [6, 6.07) is 39.0. The van der Waals surface area contributed by atoms with Crippen molar-refractivity contribution in [1.82, 2.24) is 4.98 Å². The third-order valence-electron chi connectivity index (χ3n) is 7.22. The van der Waals surface area contributed by atoms with E-state index in [1.54, 1.807) is 11.8 Å². The molecule has 1 saturated heterocycles. The molecule has 1 aliphatic rings. The van der Waals surface area contributed by atoms with Crippen molar-refractivity contribution >= 4 is 45.8 Å². The molecule has 0 atom stereocenters. The first kappa shape index (κ1) is 26.3. The number of nitriles is 1. The highest BCUT2D eigenvalue weighted by atomic mass is 35.5. The summed E-state index contributed by atoms with van der Waals surface area (Å²) in [7, 11) is 0. The van der Waals surface area contributed by atoms with Gasteiger partial charge in [-0.1, -0.05) is 102 Å². The first-order chi connectivity index (χ1) is 19.6. The van der Waals surface area contributed by atoms with Gasteiger partial charge in [0.05, 0.1) is 27.7 Å². The van der Waals surface area contributed by atoms with Gasteiger partial charge in [0.1, 0.15) is 0 Å². The second-order valence-corrected chi connectivity index (χ2v) is 11.3. The number of hydrogen-bond donors (Lipinski definition) is 0. The van der Waals surface area contributed by atoms with E-state index in [4.69, 9.17) is 26.3 Å². The Kier molecular flexibility index (Phi) is 7.66. The molecule has 4 aromatic carbocycles. The van der Waals surface area contributed by atoms with Crippen LogP contribution in [0.3, 0.4) is 0 Å². The van der Waals surface area contributed by atoms with Crippen LogP contribution in [0.4, 0.5) is 5.82 Å². The maximum atomic E-state index is 10.0. The molecule has 0 bridgehead atoms. The lowest BCUT2D eigenvalue weighted by Gasteiger charge is -2.31. The molecule has 0 radical (unpaired) electrons. The summed E-state index contributed by atoms with van der Waals surface area (Å²) in [5.41, 5.74) is 4.20. The Bertz CT molecular complexity index is 1680. The lowest BCUT2D eigenvalue weighted by molar-refractivity contribution is 0.0675. The lowest BCUT2D eigenvalue weighted by atomic mass is 9.75. The molecule has 0 N–H and O–H groups in total. The second-order valence-electron chi connectivity index (χ2n) is 9.77. The van der Waals surface area contributed by atoms with Crippen molar-refractivity contribution in [3.63, 3.8) is 0 Å². The predicted molar refractivity (Wildman–Crippen MR) is 163 cm³/mol. The fourth-order valence-electron chi connectivity index (χ4n) is 5.05. The van der Waals surface area contributed by atoms with Crippen LogP contribution >= 0.6 is 23.4 Å². The van der Waals surface area contributed by atoms with Crippen LogP contribution in [0.1, 0.15) is 29.5 Å². The quantitative estimate of drug-likeness (QED) is 0.195. The Hall–Kier alpha value is -3.95. The van der Waals surface area contributed by atoms with Crippen LogP contribution in [0.25, 0.3) is 10.9 Å². The van der Waals surface area contributed by atoms with Gasteiger partial charge in [0.15, 0.2) is 5.82 Å². The van der Waals surface area contributed by atoms with Crippen molar-refractivity contribution in [3.05, 3.63) is 131 Å². The molecule has 196 valence electrons. The van der Waals surface area contributed by atoms with E-state index in [0.717, 1.165) is 43.1 Å². The van der Waals surface area contributed by atoms with E-state index in [9.17, 15) is 5.26 Å². The average molecular weight is 560 g/mol. The highest BCUT2D eigenvalue weighted by Gasteiger charge is 2.34. The average Bonchev–Trinajstić information content (AvgIpc) is 3.01. The summed E-state index contributed by atoms with van der Waals surface area (Å²) in [4.78, 5) is 12.0. The fourth-order valence-corrected chi connectivity index (χ4v) is 6.22. The van der Waals surface area contributed by atoms with E-state index in [1.165, 1.54) is 0 Å². The SMILES string of the molecule is N#CC1(c2cccc(Sc3ccc4c(Cl)cc(N=C(c5ccccc5)c5ccccc5)nc4c3)c2)CCOCC1. The monoisotopic (exact) mass is 559 g/mol. The van der Waals surface area contributed by atoms with E-state index in [2.05, 4.69) is 36.4 Å². The summed E-state index contributed by atoms with van der Waals surface area (Å²) in [6.07, 6.45) is 1.43. The van der Waals surface area contributed by atoms with Crippen molar-refractivity contribution < 1.29 is 4.74 Å². The summed E-state index contributed by atoms with van der Waals surface area (Å²) < 4.78 is 5.53. The molecule has 1 fully saturated rings. The molecule has 0 unspecified atom stereocenters. The standard InChI is InChI=1S/C34H26ClN3OS/c35-30-22-32(38-33(24-8-3-1-4-9-24)25-10-5-2-6-11-25)37-31-21-28(14-15-29(30)31)40-27-13-7-12-26(20-27)34(23-36)16-18-39-19-17-34/h1-15,20-22H,16-19H2. The van der Waals surface area contributed by atoms with Crippen molar-refractivity contribution in [2.45, 2.75) is 28.0 Å². The van der Waals surface area contributed by atoms with E-state index >= 15 is 0 Å². The number of halogens is 1. The van der Waals surface area contributed by atoms with E-state index in [1.807, 2.05) is 78.9 Å². The number of hydrogen-bond acceptors (Lipinski definition) is 5. The van der Waals surface area contributed by atoms with Crippen LogP contribution in [0.15, 0.2) is 124 Å². The van der Waals surface area contributed by atoms with Gasteiger partial charge in [-0.3, -0.25) is 0 Å². The summed E-state index contributed by atoms with van der Waals surface area (Å²) in [5, 5.41) is 11.5. The normalized spacial score (nSPS) is 14.4. The zero-order valence-corrected chi connectivity index (χ0v) is 23.3. The number of pyridine rings is 1. The van der Waals surface area contributed by atoms with Gasteiger partial charge in [0.25, 0.3) is 0 Å². The number of aliphatic imine (C=N–C) groups is 1. The number of nitrogens with zero attached hydrogens (tertiary/aromatic N) is 3. The van der Waals surface area contributed by atoms with Crippen molar-refractivity contribution in [1.29, 1.82) is 5.26 Å². The summed E-state index contributed by atoms with van der Waals surface area (Å²) in [6.45, 7) is 1.23. The molecule has 0 spiro atoms. The van der Waals surface area contributed by atoms with Gasteiger partial charge in [-0.05, 0) is 42.7 Å². The highest BCUT2D eigenvalue weighted by Crippen LogP contribution is 2.38. The van der Waals surface area contributed by atoms with Crippen LogP contribution in [-0.4, -0.2) is 23.9 Å². The molecule has 1 aromatic heterocycles. The molecule has 6 heteroatoms. The first-order valence-corrected chi connectivity index (χ1v) is 14.4. The van der Waals surface area contributed by atoms with Gasteiger partial charge in [0, 0.05) is 45.6 Å². The molecule has 40 heavy (non-hydrogen) atoms. The number of aromatic nitrogens is 1. The summed E-state index contributed by atoms with van der Waals surface area (Å²) >= 11 is 8.38. The topological polar surface area (TPSA) is 58.3 Å². The maximum Gasteiger partial charge on any atom is 0.154 e. The molecule has 4 nitrogen and oxygen atoms in total. The van der Waals surface area contributed by atoms with Crippen LogP contribution < -0.4 is 0 Å². The number of benzene rings is 4. The third kappa shape index (κ3) is 5.52. The Labute approximate surface area is 243 Å². The molecule has 5 aromatic rings. The van der Waals surface area contributed by atoms with Crippen LogP contribution in [0, 0.1) is 11.3 Å². The number of fused-ring (bicyclic) bond motifs is 1. The van der Waals surface area contributed by atoms with Gasteiger partial charge in [-0.2, -0.15) is 5.26 Å². The smallest absolute Gasteiger partial charge is 0.154 e. The number of ether oxygens (including phenoxy) is 1. The molecule has 1 aliphatic heterocycles. The van der Waals surface area contributed by atoms with Crippen molar-refractivity contribution in [2.75, 3.05) is 13.2 Å². The van der Waals surface area contributed by atoms with Crippen LogP contribution in [-0.2, 0) is 10.2 Å². The lowest BCUT2D eigenvalue weighted by Crippen LogP contribution is -2.32. The van der Waals surface area contributed by atoms with Gasteiger partial charge in [-0.15, -0.1) is 0 Å². The van der Waals surface area contributed by atoms with E-state index in [-0.39, 0.29) is 0 Å². The molecule has 0 amide bonds. The van der Waals surface area contributed by atoms with E-state index in [0.29, 0.717) is 36.9 Å². The molecule has 0 saturated carbocycles. The maximum absolute atomic E-state index is 10.0. The fraction of sp³-hybridized carbons (Fsp3) is 0.147. The molecule has 6 rings (SSSR count). The molecule has 2 heterocycles. The second kappa shape index (κ2) is 11.7. The van der Waals surface area contributed by atoms with Crippen molar-refractivity contribution in [3.8, 4) is 6.07 Å². The Morgan fingerprint density at radius 2 is 1.50 bits per heavy atom. The zero-order chi connectivity index (χ0) is 27.4. The zero-order valence-electron chi connectivity index (χ0n) is 21.8. The Morgan fingerprint density at radius 3 is 2.17 bits per heavy atom. The third-order valence-corrected chi connectivity index (χ3v) is 8.51. The highest BCUT2D eigenvalue weighted by molar-refractivity contribution is 7.99. The van der Waals surface area contributed by atoms with Gasteiger partial charge in [0.2, 0.25) is 0 Å².